The number of carboxylic acids is 1. The molecule has 5 rings (SSSR count). The third-order valence-electron chi connectivity index (χ3n) is 10.3. The van der Waals surface area contributed by atoms with E-state index in [4.69, 9.17) is 14.7 Å². The predicted molar refractivity (Wildman–Crippen MR) is 193 cm³/mol. The van der Waals surface area contributed by atoms with Crippen molar-refractivity contribution in [1.29, 1.82) is 0 Å². The van der Waals surface area contributed by atoms with E-state index < -0.39 is 11.9 Å². The maximum Gasteiger partial charge on any atom is 0.339 e. The van der Waals surface area contributed by atoms with E-state index in [0.717, 1.165) is 23.4 Å². The molecule has 0 spiro atoms. The van der Waals surface area contributed by atoms with Crippen LogP contribution in [0.25, 0.3) is 22.1 Å². The third kappa shape index (κ3) is 6.82. The number of rotatable bonds is 11. The van der Waals surface area contributed by atoms with Gasteiger partial charge in [0, 0.05) is 70.3 Å². The van der Waals surface area contributed by atoms with Gasteiger partial charge in [-0.05, 0) is 75.8 Å². The molecule has 5 heterocycles. The monoisotopic (exact) mass is 683 g/mol. The number of aromatic nitrogens is 4. The van der Waals surface area contributed by atoms with Crippen molar-refractivity contribution in [3.05, 3.63) is 68.8 Å². The van der Waals surface area contributed by atoms with Gasteiger partial charge in [0.25, 0.3) is 5.91 Å². The van der Waals surface area contributed by atoms with Crippen LogP contribution in [0, 0.1) is 13.8 Å². The van der Waals surface area contributed by atoms with Gasteiger partial charge < -0.3 is 25.1 Å². The van der Waals surface area contributed by atoms with Crippen molar-refractivity contribution >= 4 is 45.7 Å². The minimum atomic E-state index is -1.24. The highest BCUT2D eigenvalue weighted by molar-refractivity contribution is 6.11. The number of carbonyl (C=O) groups excluding carboxylic acids is 3. The zero-order valence-corrected chi connectivity index (χ0v) is 30.4. The van der Waals surface area contributed by atoms with Crippen molar-refractivity contribution in [2.75, 3.05) is 13.2 Å². The summed E-state index contributed by atoms with van der Waals surface area (Å²) in [5.41, 5.74) is 6.65. The second-order valence-electron chi connectivity index (χ2n) is 13.6. The van der Waals surface area contributed by atoms with E-state index in [1.807, 2.05) is 52.8 Å². The molecule has 3 aromatic rings. The van der Waals surface area contributed by atoms with Crippen LogP contribution in [0.1, 0.15) is 162 Å². The van der Waals surface area contributed by atoms with Crippen molar-refractivity contribution in [2.24, 2.45) is 0 Å². The molecular formula is C39H49N5O6. The highest BCUT2D eigenvalue weighted by Gasteiger charge is 2.35. The quantitative estimate of drug-likeness (QED) is 0.117. The van der Waals surface area contributed by atoms with E-state index >= 15 is 0 Å². The molecular weight excluding hydrogens is 634 g/mol. The average molecular weight is 684 g/mol. The molecule has 4 atom stereocenters. The number of hydrogen-bond acceptors (Lipinski definition) is 7. The summed E-state index contributed by atoms with van der Waals surface area (Å²) in [6.07, 6.45) is 2.57. The molecule has 3 aromatic heterocycles. The molecule has 0 aromatic carbocycles. The molecule has 2 aliphatic rings. The molecule has 11 heteroatoms. The summed E-state index contributed by atoms with van der Waals surface area (Å²) >= 11 is 0. The molecule has 11 nitrogen and oxygen atoms in total. The van der Waals surface area contributed by atoms with Gasteiger partial charge in [-0.15, -0.1) is 0 Å². The minimum Gasteiger partial charge on any atom is -0.478 e. The summed E-state index contributed by atoms with van der Waals surface area (Å²) in [5, 5.41) is 13.9. The van der Waals surface area contributed by atoms with E-state index in [1.165, 1.54) is 0 Å². The molecule has 1 amide bonds. The average Bonchev–Trinajstić information content (AvgIpc) is 3.74. The first kappa shape index (κ1) is 36.5. The first-order chi connectivity index (χ1) is 23.8. The van der Waals surface area contributed by atoms with Crippen molar-refractivity contribution < 1.29 is 29.0 Å². The number of H-pyrrole nitrogens is 2. The van der Waals surface area contributed by atoms with Gasteiger partial charge in [-0.25, -0.2) is 4.79 Å². The van der Waals surface area contributed by atoms with Gasteiger partial charge in [-0.2, -0.15) is 0 Å². The normalized spacial score (nSPS) is 18.6. The van der Waals surface area contributed by atoms with E-state index in [2.05, 4.69) is 29.1 Å². The summed E-state index contributed by atoms with van der Waals surface area (Å²) in [6, 6.07) is 5.73. The number of ether oxygens (including phenoxy) is 1. The Morgan fingerprint density at radius 2 is 1.44 bits per heavy atom. The summed E-state index contributed by atoms with van der Waals surface area (Å²) in [4.78, 5) is 69.7. The van der Waals surface area contributed by atoms with Crippen molar-refractivity contribution in [3.63, 3.8) is 0 Å². The summed E-state index contributed by atoms with van der Waals surface area (Å²) in [7, 11) is 0. The van der Waals surface area contributed by atoms with Crippen LogP contribution in [-0.2, 0) is 9.53 Å². The minimum absolute atomic E-state index is 0.0433. The van der Waals surface area contributed by atoms with Crippen LogP contribution in [0.5, 0.6) is 0 Å². The molecule has 0 fully saturated rings. The fourth-order valence-corrected chi connectivity index (χ4v) is 7.47. The Morgan fingerprint density at radius 1 is 0.820 bits per heavy atom. The number of carbonyl (C=O) groups is 4. The number of ketones is 1. The van der Waals surface area contributed by atoms with Crippen molar-refractivity contribution in [3.8, 4) is 0 Å². The number of carboxylic acid groups (broad SMARTS) is 1. The number of nitrogens with one attached hydrogen (secondary N) is 3. The van der Waals surface area contributed by atoms with Gasteiger partial charge in [-0.1, -0.05) is 34.6 Å². The van der Waals surface area contributed by atoms with E-state index in [9.17, 15) is 24.3 Å². The molecule has 0 aliphatic carbocycles. The summed E-state index contributed by atoms with van der Waals surface area (Å²) in [5.74, 6) is -2.75. The zero-order valence-electron chi connectivity index (χ0n) is 30.4. The molecule has 4 N–H and O–H groups in total. The maximum absolute atomic E-state index is 13.8. The Kier molecular flexibility index (Phi) is 10.9. The van der Waals surface area contributed by atoms with Gasteiger partial charge in [0.05, 0.1) is 28.9 Å². The van der Waals surface area contributed by atoms with Gasteiger partial charge in [0.1, 0.15) is 5.56 Å². The fourth-order valence-electron chi connectivity index (χ4n) is 7.47. The second kappa shape index (κ2) is 15.0. The first-order valence-corrected chi connectivity index (χ1v) is 17.8. The lowest BCUT2D eigenvalue weighted by molar-refractivity contribution is -0.143. The molecule has 266 valence electrons. The molecule has 0 saturated carbocycles. The number of fused-ring (bicyclic) bond motifs is 8. The van der Waals surface area contributed by atoms with Crippen LogP contribution in [0.2, 0.25) is 0 Å². The number of aryl methyl sites for hydroxylation is 2. The van der Waals surface area contributed by atoms with E-state index in [0.29, 0.717) is 65.8 Å². The summed E-state index contributed by atoms with van der Waals surface area (Å²) in [6.45, 7) is 16.0. The van der Waals surface area contributed by atoms with Crippen LogP contribution in [-0.4, -0.2) is 61.8 Å². The second-order valence-corrected chi connectivity index (χ2v) is 13.6. The van der Waals surface area contributed by atoms with Crippen LogP contribution >= 0.6 is 0 Å². The van der Waals surface area contributed by atoms with Crippen LogP contribution in [0.4, 0.5) is 0 Å². The Balaban J connectivity index is 1.95. The molecule has 0 radical (unpaired) electrons. The maximum atomic E-state index is 13.8. The highest BCUT2D eigenvalue weighted by atomic mass is 16.5. The number of aromatic carboxylic acids is 1. The van der Waals surface area contributed by atoms with E-state index in [-0.39, 0.29) is 64.2 Å². The molecule has 2 aliphatic heterocycles. The number of Topliss-reactive ketones (excluding diaryl/α,β-unsaturated/α-hetero) is 1. The Bertz CT molecular complexity index is 2010. The first-order valence-electron chi connectivity index (χ1n) is 17.8. The van der Waals surface area contributed by atoms with Gasteiger partial charge in [0.15, 0.2) is 5.78 Å². The smallest absolute Gasteiger partial charge is 0.339 e. The van der Waals surface area contributed by atoms with Gasteiger partial charge in [-0.3, -0.25) is 24.4 Å². The predicted octanol–water partition coefficient (Wildman–Crippen LogP) is 7.89. The van der Waals surface area contributed by atoms with Crippen LogP contribution in [0.15, 0.2) is 18.2 Å². The SMILES string of the molecule is CCCNC(=O)c1c(C)c2cc3nc(cc4[nH]c(cc5nc(c(C(=O)O)c1[nH]2)[C@@H](CCC(=O)OCCC)[C@@H]5C)c(C)c4C(C)=O)[C@H](C)[C@H]3CC. The van der Waals surface area contributed by atoms with Crippen molar-refractivity contribution in [1.82, 2.24) is 25.3 Å². The zero-order chi connectivity index (χ0) is 36.4. The summed E-state index contributed by atoms with van der Waals surface area (Å²) < 4.78 is 5.36. The number of aromatic amines is 2. The fraction of sp³-hybridized carbons (Fsp3) is 0.487. The third-order valence-corrected chi connectivity index (χ3v) is 10.3. The molecule has 0 unspecified atom stereocenters. The topological polar surface area (TPSA) is 167 Å². The standard InChI is InChI=1S/C39H49N5O6/c1-9-14-40-38(47)34-22(7)29-17-30-24(11-3)19(4)26(41-30)18-31-33(23(8)45)21(6)28(42-31)16-27-20(5)25(12-13-32(46)50-15-10-2)36(43-27)35(39(48)49)37(34)44-29/h16-20,24-25,42,44H,9-15H2,1-8H3,(H,40,47)(H,48,49)/t19-,20+,24-,25+/m1/s1. The number of amides is 1. The van der Waals surface area contributed by atoms with Gasteiger partial charge >= 0.3 is 11.9 Å². The number of nitrogens with zero attached hydrogens (tertiary/aromatic N) is 2. The Morgan fingerprint density at radius 3 is 2.08 bits per heavy atom. The number of hydrogen-bond donors (Lipinski definition) is 4. The van der Waals surface area contributed by atoms with Crippen LogP contribution < -0.4 is 5.32 Å². The number of esters is 1. The van der Waals surface area contributed by atoms with Gasteiger partial charge in [0.2, 0.25) is 0 Å². The Hall–Kier alpha value is -4.80. The molecule has 8 bridgehead atoms. The van der Waals surface area contributed by atoms with Crippen LogP contribution in [0.3, 0.4) is 0 Å². The van der Waals surface area contributed by atoms with E-state index in [1.54, 1.807) is 6.92 Å². The lowest BCUT2D eigenvalue weighted by Gasteiger charge is -2.17. The Labute approximate surface area is 292 Å². The highest BCUT2D eigenvalue weighted by Crippen LogP contribution is 2.43. The van der Waals surface area contributed by atoms with Crippen molar-refractivity contribution in [2.45, 2.75) is 111 Å². The largest absolute Gasteiger partial charge is 0.478 e. The lowest BCUT2D eigenvalue weighted by Crippen LogP contribution is -2.25. The molecule has 0 saturated heterocycles. The lowest BCUT2D eigenvalue weighted by atomic mass is 9.85. The molecule has 50 heavy (non-hydrogen) atoms.